The molecular formula is C23H35BrN2O5. The van der Waals surface area contributed by atoms with Crippen LogP contribution < -0.4 is 4.90 Å². The highest BCUT2D eigenvalue weighted by atomic mass is 79.9. The first-order valence-corrected chi connectivity index (χ1v) is 11.4. The van der Waals surface area contributed by atoms with Gasteiger partial charge < -0.3 is 19.1 Å². The number of hydrogen-bond acceptors (Lipinski definition) is 6. The van der Waals surface area contributed by atoms with Gasteiger partial charge in [-0.1, -0.05) is 15.9 Å². The maximum Gasteiger partial charge on any atom is 0.410 e. The molecular weight excluding hydrogens is 464 g/mol. The van der Waals surface area contributed by atoms with Crippen LogP contribution in [0.3, 0.4) is 0 Å². The van der Waals surface area contributed by atoms with Gasteiger partial charge in [0, 0.05) is 29.8 Å². The van der Waals surface area contributed by atoms with Gasteiger partial charge >= 0.3 is 12.1 Å². The minimum atomic E-state index is -0.567. The van der Waals surface area contributed by atoms with Crippen molar-refractivity contribution in [3.63, 3.8) is 0 Å². The fourth-order valence-electron chi connectivity index (χ4n) is 3.21. The van der Waals surface area contributed by atoms with Crippen LogP contribution in [0.25, 0.3) is 0 Å². The molecule has 1 aromatic rings. The molecule has 2 rings (SSSR count). The number of anilines is 1. The highest BCUT2D eigenvalue weighted by Crippen LogP contribution is 2.23. The average molecular weight is 499 g/mol. The zero-order valence-electron chi connectivity index (χ0n) is 19.4. The number of rotatable bonds is 6. The molecule has 1 aliphatic rings. The molecule has 1 saturated heterocycles. The summed E-state index contributed by atoms with van der Waals surface area (Å²) in [5, 5.41) is 0. The zero-order chi connectivity index (χ0) is 23.2. The highest BCUT2D eigenvalue weighted by molar-refractivity contribution is 9.10. The van der Waals surface area contributed by atoms with Crippen molar-refractivity contribution in [2.24, 2.45) is 0 Å². The SMILES string of the molecule is CC(C)(C)OC(=O)CCOCC1CN(c2ccc(Br)cc2)CCN1C(=O)OC(C)(C)C. The molecule has 8 heteroatoms. The predicted molar refractivity (Wildman–Crippen MR) is 124 cm³/mol. The van der Waals surface area contributed by atoms with Crippen LogP contribution >= 0.6 is 15.9 Å². The number of amides is 1. The molecule has 0 bridgehead atoms. The Morgan fingerprint density at radius 1 is 1.00 bits per heavy atom. The first-order chi connectivity index (χ1) is 14.3. The Bertz CT molecular complexity index is 740. The van der Waals surface area contributed by atoms with Crippen LogP contribution in [0.1, 0.15) is 48.0 Å². The maximum atomic E-state index is 12.8. The Hall–Kier alpha value is -1.80. The standard InChI is InChI=1S/C23H35BrN2O5/c1-22(2,3)30-20(27)11-14-29-16-19-15-25(18-9-7-17(24)8-10-18)12-13-26(19)21(28)31-23(4,5)6/h7-10,19H,11-16H2,1-6H3. The lowest BCUT2D eigenvalue weighted by atomic mass is 10.1. The summed E-state index contributed by atoms with van der Waals surface area (Å²) in [6.07, 6.45) is -0.170. The third-order valence-electron chi connectivity index (χ3n) is 4.48. The van der Waals surface area contributed by atoms with Crippen LogP contribution in [-0.2, 0) is 19.0 Å². The van der Waals surface area contributed by atoms with Gasteiger partial charge in [0.15, 0.2) is 0 Å². The first-order valence-electron chi connectivity index (χ1n) is 10.6. The third kappa shape index (κ3) is 9.07. The Labute approximate surface area is 194 Å². The second kappa shape index (κ2) is 10.7. The van der Waals surface area contributed by atoms with Crippen molar-refractivity contribution in [1.82, 2.24) is 4.90 Å². The quantitative estimate of drug-likeness (QED) is 0.420. The fourth-order valence-corrected chi connectivity index (χ4v) is 3.48. The van der Waals surface area contributed by atoms with Crippen molar-refractivity contribution < 1.29 is 23.8 Å². The summed E-state index contributed by atoms with van der Waals surface area (Å²) in [6, 6.07) is 7.91. The molecule has 1 amide bonds. The van der Waals surface area contributed by atoms with Gasteiger partial charge in [0.05, 0.1) is 25.7 Å². The molecule has 0 spiro atoms. The van der Waals surface area contributed by atoms with Crippen LogP contribution in [0.15, 0.2) is 28.7 Å². The number of carbonyl (C=O) groups is 2. The van der Waals surface area contributed by atoms with Crippen molar-refractivity contribution in [3.8, 4) is 0 Å². The molecule has 0 aromatic heterocycles. The average Bonchev–Trinajstić information content (AvgIpc) is 2.63. The van der Waals surface area contributed by atoms with E-state index in [9.17, 15) is 9.59 Å². The van der Waals surface area contributed by atoms with Crippen LogP contribution in [0.2, 0.25) is 0 Å². The van der Waals surface area contributed by atoms with Gasteiger partial charge in [0.2, 0.25) is 0 Å². The van der Waals surface area contributed by atoms with Crippen molar-refractivity contribution >= 4 is 33.7 Å². The molecule has 31 heavy (non-hydrogen) atoms. The van der Waals surface area contributed by atoms with E-state index in [1.54, 1.807) is 4.90 Å². The van der Waals surface area contributed by atoms with Gasteiger partial charge in [-0.15, -0.1) is 0 Å². The molecule has 1 heterocycles. The molecule has 0 saturated carbocycles. The smallest absolute Gasteiger partial charge is 0.410 e. The van der Waals surface area contributed by atoms with E-state index in [1.165, 1.54) is 0 Å². The summed E-state index contributed by atoms with van der Waals surface area (Å²) in [7, 11) is 0. The predicted octanol–water partition coefficient (Wildman–Crippen LogP) is 4.62. The number of esters is 1. The molecule has 1 fully saturated rings. The van der Waals surface area contributed by atoms with Crippen molar-refractivity contribution in [2.75, 3.05) is 37.7 Å². The second-order valence-electron chi connectivity index (χ2n) is 9.66. The van der Waals surface area contributed by atoms with Crippen molar-refractivity contribution in [2.45, 2.75) is 65.2 Å². The Kier molecular flexibility index (Phi) is 8.77. The normalized spacial score (nSPS) is 17.5. The number of benzene rings is 1. The second-order valence-corrected chi connectivity index (χ2v) is 10.6. The minimum Gasteiger partial charge on any atom is -0.460 e. The van der Waals surface area contributed by atoms with E-state index in [1.807, 2.05) is 65.8 Å². The summed E-state index contributed by atoms with van der Waals surface area (Å²) < 4.78 is 17.7. The van der Waals surface area contributed by atoms with Crippen LogP contribution in [0.4, 0.5) is 10.5 Å². The summed E-state index contributed by atoms with van der Waals surface area (Å²) in [4.78, 5) is 28.6. The van der Waals surface area contributed by atoms with Gasteiger partial charge in [-0.2, -0.15) is 0 Å². The number of ether oxygens (including phenoxy) is 3. The molecule has 0 radical (unpaired) electrons. The van der Waals surface area contributed by atoms with Crippen LogP contribution in [-0.4, -0.2) is 67.1 Å². The van der Waals surface area contributed by atoms with E-state index in [2.05, 4.69) is 20.8 Å². The summed E-state index contributed by atoms with van der Waals surface area (Å²) in [6.45, 7) is 13.5. The molecule has 1 unspecified atom stereocenters. The molecule has 0 N–H and O–H groups in total. The van der Waals surface area contributed by atoms with Gasteiger partial charge in [-0.3, -0.25) is 9.69 Å². The lowest BCUT2D eigenvalue weighted by molar-refractivity contribution is -0.156. The van der Waals surface area contributed by atoms with Gasteiger partial charge in [0.25, 0.3) is 0 Å². The van der Waals surface area contributed by atoms with E-state index in [0.29, 0.717) is 26.2 Å². The third-order valence-corrected chi connectivity index (χ3v) is 5.01. The molecule has 1 aliphatic heterocycles. The molecule has 7 nitrogen and oxygen atoms in total. The van der Waals surface area contributed by atoms with Gasteiger partial charge in [-0.25, -0.2) is 4.79 Å². The molecule has 1 atom stereocenters. The molecule has 0 aliphatic carbocycles. The number of carbonyl (C=O) groups excluding carboxylic acids is 2. The highest BCUT2D eigenvalue weighted by Gasteiger charge is 2.33. The lowest BCUT2D eigenvalue weighted by Crippen LogP contribution is -2.58. The van der Waals surface area contributed by atoms with Crippen molar-refractivity contribution in [1.29, 1.82) is 0 Å². The maximum absolute atomic E-state index is 12.8. The number of hydrogen-bond donors (Lipinski definition) is 0. The van der Waals surface area contributed by atoms with Crippen molar-refractivity contribution in [3.05, 3.63) is 28.7 Å². The number of halogens is 1. The summed E-state index contributed by atoms with van der Waals surface area (Å²) in [5.41, 5.74) is 0.00655. The van der Waals surface area contributed by atoms with Gasteiger partial charge in [0.1, 0.15) is 11.2 Å². The van der Waals surface area contributed by atoms with E-state index >= 15 is 0 Å². The summed E-state index contributed by atoms with van der Waals surface area (Å²) >= 11 is 3.46. The van der Waals surface area contributed by atoms with E-state index in [-0.39, 0.29) is 31.1 Å². The minimum absolute atomic E-state index is 0.173. The van der Waals surface area contributed by atoms with E-state index in [0.717, 1.165) is 10.2 Å². The number of nitrogens with zero attached hydrogens (tertiary/aromatic N) is 2. The Morgan fingerprint density at radius 2 is 1.61 bits per heavy atom. The topological polar surface area (TPSA) is 68.3 Å². The van der Waals surface area contributed by atoms with E-state index < -0.39 is 11.2 Å². The van der Waals surface area contributed by atoms with Crippen LogP contribution in [0, 0.1) is 0 Å². The fraction of sp³-hybridized carbons (Fsp3) is 0.652. The van der Waals surface area contributed by atoms with E-state index in [4.69, 9.17) is 14.2 Å². The summed E-state index contributed by atoms with van der Waals surface area (Å²) in [5.74, 6) is -0.295. The molecule has 1 aromatic carbocycles. The zero-order valence-corrected chi connectivity index (χ0v) is 21.0. The largest absolute Gasteiger partial charge is 0.460 e. The number of piperazine rings is 1. The first kappa shape index (κ1) is 25.5. The monoisotopic (exact) mass is 498 g/mol. The Balaban J connectivity index is 1.99. The van der Waals surface area contributed by atoms with Crippen LogP contribution in [0.5, 0.6) is 0 Å². The molecule has 174 valence electrons. The Morgan fingerprint density at radius 3 is 2.19 bits per heavy atom. The van der Waals surface area contributed by atoms with Gasteiger partial charge in [-0.05, 0) is 65.8 Å². The lowest BCUT2D eigenvalue weighted by Gasteiger charge is -2.42.